The zero-order valence-corrected chi connectivity index (χ0v) is 11.2. The molecule has 0 aromatic heterocycles. The molecule has 2 atom stereocenters. The molecule has 6 heteroatoms. The highest BCUT2D eigenvalue weighted by Crippen LogP contribution is 2.24. The van der Waals surface area contributed by atoms with Gasteiger partial charge in [0.2, 0.25) is 0 Å². The van der Waals surface area contributed by atoms with Crippen molar-refractivity contribution >= 4 is 11.6 Å². The second-order valence-electron chi connectivity index (χ2n) is 4.36. The van der Waals surface area contributed by atoms with Gasteiger partial charge in [-0.05, 0) is 38.0 Å². The predicted molar refractivity (Wildman–Crippen MR) is 67.5 cm³/mol. The fraction of sp³-hybridized carbons (Fsp3) is 0.538. The number of benzene rings is 1. The van der Waals surface area contributed by atoms with Crippen molar-refractivity contribution in [1.82, 2.24) is 0 Å². The minimum atomic E-state index is -4.18. The maximum atomic E-state index is 12.0. The van der Waals surface area contributed by atoms with E-state index in [4.69, 9.17) is 16.3 Å². The van der Waals surface area contributed by atoms with Crippen LogP contribution in [0.3, 0.4) is 0 Å². The van der Waals surface area contributed by atoms with E-state index in [0.717, 1.165) is 0 Å². The Bertz CT molecular complexity index is 396. The Morgan fingerprint density at radius 1 is 1.37 bits per heavy atom. The second-order valence-corrected chi connectivity index (χ2v) is 4.79. The van der Waals surface area contributed by atoms with E-state index in [2.05, 4.69) is 0 Å². The van der Waals surface area contributed by atoms with Crippen LogP contribution in [0.4, 0.5) is 13.2 Å². The van der Waals surface area contributed by atoms with E-state index in [1.54, 1.807) is 31.2 Å². The van der Waals surface area contributed by atoms with Gasteiger partial charge >= 0.3 is 6.18 Å². The van der Waals surface area contributed by atoms with Crippen molar-refractivity contribution in [2.24, 2.45) is 0 Å². The van der Waals surface area contributed by atoms with Crippen LogP contribution in [0.25, 0.3) is 0 Å². The van der Waals surface area contributed by atoms with Crippen LogP contribution in [0.2, 0.25) is 5.02 Å². The molecular weight excluding hydrogens is 281 g/mol. The van der Waals surface area contributed by atoms with Crippen molar-refractivity contribution in [3.63, 3.8) is 0 Å². The molecule has 0 amide bonds. The molecule has 2 nitrogen and oxygen atoms in total. The van der Waals surface area contributed by atoms with Gasteiger partial charge in [-0.3, -0.25) is 0 Å². The Hall–Kier alpha value is -0.940. The number of hydrogen-bond acceptors (Lipinski definition) is 2. The van der Waals surface area contributed by atoms with Gasteiger partial charge in [0.1, 0.15) is 11.9 Å². The SMILES string of the molecule is CC(Oc1cccc(Cl)c1)C(O)CCCC(F)(F)F. The first kappa shape index (κ1) is 16.1. The number of ether oxygens (including phenoxy) is 1. The molecule has 0 spiro atoms. The molecule has 1 aromatic carbocycles. The summed E-state index contributed by atoms with van der Waals surface area (Å²) >= 11 is 5.77. The van der Waals surface area contributed by atoms with Crippen LogP contribution in [0, 0.1) is 0 Å². The van der Waals surface area contributed by atoms with Gasteiger partial charge in [0.15, 0.2) is 0 Å². The monoisotopic (exact) mass is 296 g/mol. The standard InChI is InChI=1S/C13H16ClF3O2/c1-9(12(18)6-3-7-13(15,16)17)19-11-5-2-4-10(14)8-11/h2,4-5,8-9,12,18H,3,6-7H2,1H3. The molecule has 0 radical (unpaired) electrons. The largest absolute Gasteiger partial charge is 0.488 e. The van der Waals surface area contributed by atoms with E-state index >= 15 is 0 Å². The summed E-state index contributed by atoms with van der Waals surface area (Å²) in [4.78, 5) is 0. The van der Waals surface area contributed by atoms with Gasteiger partial charge < -0.3 is 9.84 Å². The molecule has 0 aliphatic carbocycles. The lowest BCUT2D eigenvalue weighted by atomic mass is 10.1. The predicted octanol–water partition coefficient (Wildman–Crippen LogP) is 4.20. The highest BCUT2D eigenvalue weighted by molar-refractivity contribution is 6.30. The Morgan fingerprint density at radius 3 is 2.63 bits per heavy atom. The Morgan fingerprint density at radius 2 is 2.05 bits per heavy atom. The fourth-order valence-corrected chi connectivity index (χ4v) is 1.76. The molecule has 1 rings (SSSR count). The molecule has 0 bridgehead atoms. The Labute approximate surface area is 115 Å². The normalized spacial score (nSPS) is 15.1. The third kappa shape index (κ3) is 6.68. The first-order valence-electron chi connectivity index (χ1n) is 5.95. The van der Waals surface area contributed by atoms with Crippen LogP contribution in [0.15, 0.2) is 24.3 Å². The zero-order valence-electron chi connectivity index (χ0n) is 10.5. The summed E-state index contributed by atoms with van der Waals surface area (Å²) in [7, 11) is 0. The molecule has 1 aromatic rings. The Balaban J connectivity index is 2.38. The smallest absolute Gasteiger partial charge is 0.389 e. The van der Waals surface area contributed by atoms with Crippen molar-refractivity contribution < 1.29 is 23.0 Å². The molecule has 0 saturated heterocycles. The molecule has 1 N–H and O–H groups in total. The van der Waals surface area contributed by atoms with E-state index in [0.29, 0.717) is 10.8 Å². The van der Waals surface area contributed by atoms with E-state index in [1.165, 1.54) is 0 Å². The van der Waals surface area contributed by atoms with Gasteiger partial charge in [-0.1, -0.05) is 17.7 Å². The van der Waals surface area contributed by atoms with E-state index < -0.39 is 24.8 Å². The van der Waals surface area contributed by atoms with Crippen LogP contribution in [-0.4, -0.2) is 23.5 Å². The first-order valence-corrected chi connectivity index (χ1v) is 6.33. The quantitative estimate of drug-likeness (QED) is 0.852. The van der Waals surface area contributed by atoms with Crippen molar-refractivity contribution in [2.45, 2.75) is 44.6 Å². The number of halogens is 4. The third-order valence-corrected chi connectivity index (χ3v) is 2.86. The fourth-order valence-electron chi connectivity index (χ4n) is 1.58. The summed E-state index contributed by atoms with van der Waals surface area (Å²) in [6.07, 6.45) is -6.69. The van der Waals surface area contributed by atoms with Crippen LogP contribution < -0.4 is 4.74 Å². The van der Waals surface area contributed by atoms with Gasteiger partial charge in [-0.25, -0.2) is 0 Å². The summed E-state index contributed by atoms with van der Waals surface area (Å²) in [6.45, 7) is 1.61. The summed E-state index contributed by atoms with van der Waals surface area (Å²) in [5.41, 5.74) is 0. The zero-order chi connectivity index (χ0) is 14.5. The first-order chi connectivity index (χ1) is 8.78. The van der Waals surface area contributed by atoms with Gasteiger partial charge in [0.05, 0.1) is 6.10 Å². The molecule has 0 aliphatic heterocycles. The maximum Gasteiger partial charge on any atom is 0.389 e. The van der Waals surface area contributed by atoms with Crippen LogP contribution in [0.1, 0.15) is 26.2 Å². The number of aliphatic hydroxyl groups excluding tert-OH is 1. The molecule has 2 unspecified atom stereocenters. The molecule has 108 valence electrons. The topological polar surface area (TPSA) is 29.5 Å². The van der Waals surface area contributed by atoms with Crippen LogP contribution in [0.5, 0.6) is 5.75 Å². The van der Waals surface area contributed by atoms with Gasteiger partial charge in [0.25, 0.3) is 0 Å². The van der Waals surface area contributed by atoms with Crippen molar-refractivity contribution in [2.75, 3.05) is 0 Å². The molecule has 0 aliphatic rings. The summed E-state index contributed by atoms with van der Waals surface area (Å²) in [6, 6.07) is 6.63. The minimum absolute atomic E-state index is 0.0429. The van der Waals surface area contributed by atoms with Crippen LogP contribution in [-0.2, 0) is 0 Å². The molecule has 19 heavy (non-hydrogen) atoms. The minimum Gasteiger partial charge on any atom is -0.488 e. The number of alkyl halides is 3. The lowest BCUT2D eigenvalue weighted by Gasteiger charge is -2.20. The van der Waals surface area contributed by atoms with Crippen molar-refractivity contribution in [3.05, 3.63) is 29.3 Å². The second kappa shape index (κ2) is 7.01. The average Bonchev–Trinajstić information content (AvgIpc) is 2.27. The summed E-state index contributed by atoms with van der Waals surface area (Å²) in [5.74, 6) is 0.481. The van der Waals surface area contributed by atoms with Crippen molar-refractivity contribution in [3.8, 4) is 5.75 Å². The highest BCUT2D eigenvalue weighted by atomic mass is 35.5. The third-order valence-electron chi connectivity index (χ3n) is 2.62. The van der Waals surface area contributed by atoms with Gasteiger partial charge in [0, 0.05) is 11.4 Å². The van der Waals surface area contributed by atoms with Gasteiger partial charge in [-0.2, -0.15) is 13.2 Å². The van der Waals surface area contributed by atoms with Gasteiger partial charge in [-0.15, -0.1) is 0 Å². The van der Waals surface area contributed by atoms with Crippen LogP contribution >= 0.6 is 11.6 Å². The molecule has 0 heterocycles. The van der Waals surface area contributed by atoms with E-state index in [9.17, 15) is 18.3 Å². The molecular formula is C13H16ClF3O2. The highest BCUT2D eigenvalue weighted by Gasteiger charge is 2.27. The number of aliphatic hydroxyl groups is 1. The molecule has 0 fully saturated rings. The van der Waals surface area contributed by atoms with E-state index in [1.807, 2.05) is 0 Å². The van der Waals surface area contributed by atoms with E-state index in [-0.39, 0.29) is 12.8 Å². The number of hydrogen-bond donors (Lipinski definition) is 1. The number of rotatable bonds is 6. The lowest BCUT2D eigenvalue weighted by Crippen LogP contribution is -2.29. The summed E-state index contributed by atoms with van der Waals surface area (Å²) < 4.78 is 41.3. The Kier molecular flexibility index (Phi) is 5.94. The maximum absolute atomic E-state index is 12.0. The average molecular weight is 297 g/mol. The summed E-state index contributed by atoms with van der Waals surface area (Å²) in [5, 5.41) is 10.2. The van der Waals surface area contributed by atoms with Crippen molar-refractivity contribution in [1.29, 1.82) is 0 Å². The lowest BCUT2D eigenvalue weighted by molar-refractivity contribution is -0.137. The molecule has 0 saturated carbocycles.